The Balaban J connectivity index is 1.30. The molecule has 0 saturated heterocycles. The van der Waals surface area contributed by atoms with Crippen LogP contribution in [-0.2, 0) is 17.8 Å². The third kappa shape index (κ3) is 4.12. The largest absolute Gasteiger partial charge is 0.485 e. The molecule has 1 saturated carbocycles. The van der Waals surface area contributed by atoms with Gasteiger partial charge < -0.3 is 10.1 Å². The average Bonchev–Trinajstić information content (AvgIpc) is 3.49. The number of nitrogens with one attached hydrogen (secondary N) is 1. The first-order valence-corrected chi connectivity index (χ1v) is 9.88. The highest BCUT2D eigenvalue weighted by molar-refractivity contribution is 5.78. The minimum absolute atomic E-state index is 0.0109. The van der Waals surface area contributed by atoms with E-state index in [1.807, 2.05) is 42.5 Å². The molecule has 4 aromatic rings. The Morgan fingerprint density at radius 1 is 1.10 bits per heavy atom. The summed E-state index contributed by atoms with van der Waals surface area (Å²) in [7, 11) is 0. The molecule has 0 bridgehead atoms. The number of pyridine rings is 1. The second-order valence-electron chi connectivity index (χ2n) is 7.26. The maximum Gasteiger partial charge on any atom is 0.226 e. The maximum atomic E-state index is 12.0. The van der Waals surface area contributed by atoms with Crippen molar-refractivity contribution in [3.05, 3.63) is 72.3 Å². The van der Waals surface area contributed by atoms with Crippen LogP contribution in [0, 0.1) is 0 Å². The topological polar surface area (TPSA) is 94.3 Å². The third-order valence-corrected chi connectivity index (χ3v) is 4.84. The second-order valence-corrected chi connectivity index (χ2v) is 7.26. The zero-order chi connectivity index (χ0) is 20.3. The second kappa shape index (κ2) is 7.90. The van der Waals surface area contributed by atoms with Gasteiger partial charge in [0.1, 0.15) is 12.4 Å². The van der Waals surface area contributed by atoms with Crippen molar-refractivity contribution in [2.45, 2.75) is 31.9 Å². The third-order valence-electron chi connectivity index (χ3n) is 4.84. The number of hydrogen-bond donors (Lipinski definition) is 1. The first-order valence-electron chi connectivity index (χ1n) is 9.88. The predicted octanol–water partition coefficient (Wildman–Crippen LogP) is 2.59. The highest BCUT2D eigenvalue weighted by Gasteiger charge is 2.23. The smallest absolute Gasteiger partial charge is 0.226 e. The van der Waals surface area contributed by atoms with Gasteiger partial charge in [-0.25, -0.2) is 0 Å². The van der Waals surface area contributed by atoms with Crippen molar-refractivity contribution in [1.82, 2.24) is 30.1 Å². The number of aromatic nitrogens is 5. The molecule has 3 heterocycles. The fourth-order valence-electron chi connectivity index (χ4n) is 3.15. The standard InChI is InChI=1S/C22H20N6O2/c29-22(24-16-6-7-16)13-17-12-18(10-11-23-17)30-14-21-26-25-20-9-8-19(27-28(20)21)15-4-2-1-3-5-15/h1-5,8-12,16H,6-7,13-14H2,(H,24,29). The fourth-order valence-corrected chi connectivity index (χ4v) is 3.15. The van der Waals surface area contributed by atoms with E-state index in [4.69, 9.17) is 4.74 Å². The molecule has 0 radical (unpaired) electrons. The van der Waals surface area contributed by atoms with Gasteiger partial charge in [-0.1, -0.05) is 30.3 Å². The number of amides is 1. The van der Waals surface area contributed by atoms with Gasteiger partial charge in [0.2, 0.25) is 5.91 Å². The number of carbonyl (C=O) groups excluding carboxylic acids is 1. The summed E-state index contributed by atoms with van der Waals surface area (Å²) in [5.41, 5.74) is 3.17. The molecule has 3 aromatic heterocycles. The molecule has 30 heavy (non-hydrogen) atoms. The first kappa shape index (κ1) is 18.2. The van der Waals surface area contributed by atoms with Gasteiger partial charge in [-0.3, -0.25) is 9.78 Å². The Hall–Kier alpha value is -3.81. The van der Waals surface area contributed by atoms with Crippen LogP contribution in [0.15, 0.2) is 60.8 Å². The van der Waals surface area contributed by atoms with Crippen LogP contribution in [0.5, 0.6) is 5.75 Å². The van der Waals surface area contributed by atoms with E-state index in [1.165, 1.54) is 0 Å². The molecule has 0 aliphatic heterocycles. The van der Waals surface area contributed by atoms with E-state index in [1.54, 1.807) is 22.8 Å². The van der Waals surface area contributed by atoms with Crippen molar-refractivity contribution in [2.75, 3.05) is 0 Å². The van der Waals surface area contributed by atoms with Gasteiger partial charge in [-0.05, 0) is 31.0 Å². The summed E-state index contributed by atoms with van der Waals surface area (Å²) in [6.45, 7) is 0.199. The zero-order valence-corrected chi connectivity index (χ0v) is 16.2. The lowest BCUT2D eigenvalue weighted by molar-refractivity contribution is -0.120. The molecule has 0 atom stereocenters. The van der Waals surface area contributed by atoms with Crippen molar-refractivity contribution < 1.29 is 9.53 Å². The first-order chi connectivity index (χ1) is 14.7. The van der Waals surface area contributed by atoms with E-state index >= 15 is 0 Å². The fraction of sp³-hybridized carbons (Fsp3) is 0.227. The number of rotatable bonds is 7. The number of fused-ring (bicyclic) bond motifs is 1. The number of nitrogens with zero attached hydrogens (tertiary/aromatic N) is 5. The van der Waals surface area contributed by atoms with E-state index in [0.717, 1.165) is 24.1 Å². The van der Waals surface area contributed by atoms with Crippen LogP contribution in [0.2, 0.25) is 0 Å². The van der Waals surface area contributed by atoms with Crippen LogP contribution in [0.3, 0.4) is 0 Å². The Bertz CT molecular complexity index is 1190. The Morgan fingerprint density at radius 2 is 1.97 bits per heavy atom. The minimum atomic E-state index is -0.0109. The summed E-state index contributed by atoms with van der Waals surface area (Å²) in [4.78, 5) is 16.3. The van der Waals surface area contributed by atoms with Crippen molar-refractivity contribution in [2.24, 2.45) is 0 Å². The van der Waals surface area contributed by atoms with Crippen LogP contribution >= 0.6 is 0 Å². The summed E-state index contributed by atoms with van der Waals surface area (Å²) in [5, 5.41) is 16.0. The van der Waals surface area contributed by atoms with E-state index in [0.29, 0.717) is 29.0 Å². The number of benzene rings is 1. The molecule has 0 spiro atoms. The molecule has 8 heteroatoms. The van der Waals surface area contributed by atoms with Gasteiger partial charge in [-0.2, -0.15) is 9.61 Å². The van der Waals surface area contributed by atoms with Gasteiger partial charge in [0.15, 0.2) is 11.5 Å². The summed E-state index contributed by atoms with van der Waals surface area (Å²) in [5.74, 6) is 1.20. The van der Waals surface area contributed by atoms with Crippen molar-refractivity contribution in [3.63, 3.8) is 0 Å². The van der Waals surface area contributed by atoms with Gasteiger partial charge in [0.25, 0.3) is 0 Å². The zero-order valence-electron chi connectivity index (χ0n) is 16.2. The van der Waals surface area contributed by atoms with Crippen LogP contribution in [0.4, 0.5) is 0 Å². The molecule has 0 unspecified atom stereocenters. The van der Waals surface area contributed by atoms with E-state index < -0.39 is 0 Å². The summed E-state index contributed by atoms with van der Waals surface area (Å²) >= 11 is 0. The molecule has 1 aliphatic carbocycles. The minimum Gasteiger partial charge on any atom is -0.485 e. The molecule has 1 aromatic carbocycles. The van der Waals surface area contributed by atoms with Gasteiger partial charge in [-0.15, -0.1) is 10.2 Å². The van der Waals surface area contributed by atoms with Gasteiger partial charge in [0, 0.05) is 23.9 Å². The highest BCUT2D eigenvalue weighted by atomic mass is 16.5. The Kier molecular flexibility index (Phi) is 4.80. The molecule has 150 valence electrons. The molecular formula is C22H20N6O2. The summed E-state index contributed by atoms with van der Waals surface area (Å²) in [6, 6.07) is 17.6. The Morgan fingerprint density at radius 3 is 2.80 bits per heavy atom. The molecule has 1 fully saturated rings. The normalized spacial score (nSPS) is 13.3. The average molecular weight is 400 g/mol. The van der Waals surface area contributed by atoms with Crippen molar-refractivity contribution in [3.8, 4) is 17.0 Å². The lowest BCUT2D eigenvalue weighted by atomic mass is 10.1. The number of carbonyl (C=O) groups is 1. The van der Waals surface area contributed by atoms with E-state index in [-0.39, 0.29) is 18.9 Å². The Labute approximate surface area is 172 Å². The lowest BCUT2D eigenvalue weighted by Crippen LogP contribution is -2.27. The van der Waals surface area contributed by atoms with E-state index in [2.05, 4.69) is 25.6 Å². The molecular weight excluding hydrogens is 380 g/mol. The van der Waals surface area contributed by atoms with Crippen LogP contribution in [-0.4, -0.2) is 36.7 Å². The molecule has 1 aliphatic rings. The monoisotopic (exact) mass is 400 g/mol. The van der Waals surface area contributed by atoms with Crippen LogP contribution in [0.1, 0.15) is 24.4 Å². The highest BCUT2D eigenvalue weighted by Crippen LogP contribution is 2.20. The molecule has 1 N–H and O–H groups in total. The van der Waals surface area contributed by atoms with Crippen molar-refractivity contribution in [1.29, 1.82) is 0 Å². The maximum absolute atomic E-state index is 12.0. The summed E-state index contributed by atoms with van der Waals surface area (Å²) in [6.07, 6.45) is 4.01. The van der Waals surface area contributed by atoms with Gasteiger partial charge in [0.05, 0.1) is 17.8 Å². The number of ether oxygens (including phenoxy) is 1. The number of hydrogen-bond acceptors (Lipinski definition) is 6. The predicted molar refractivity (Wildman–Crippen MR) is 110 cm³/mol. The van der Waals surface area contributed by atoms with E-state index in [9.17, 15) is 4.79 Å². The van der Waals surface area contributed by atoms with Crippen molar-refractivity contribution >= 4 is 11.6 Å². The summed E-state index contributed by atoms with van der Waals surface area (Å²) < 4.78 is 7.57. The SMILES string of the molecule is O=C(Cc1cc(OCc2nnc3ccc(-c4ccccc4)nn23)ccn1)NC1CC1. The van der Waals surface area contributed by atoms with Crippen LogP contribution < -0.4 is 10.1 Å². The van der Waals surface area contributed by atoms with Gasteiger partial charge >= 0.3 is 0 Å². The molecule has 1 amide bonds. The molecule has 5 rings (SSSR count). The van der Waals surface area contributed by atoms with Crippen LogP contribution in [0.25, 0.3) is 16.9 Å². The molecule has 8 nitrogen and oxygen atoms in total. The quantitative estimate of drug-likeness (QED) is 0.512. The lowest BCUT2D eigenvalue weighted by Gasteiger charge is -2.07.